The molecule has 0 radical (unpaired) electrons. The summed E-state index contributed by atoms with van der Waals surface area (Å²) in [4.78, 5) is 15.9. The minimum atomic E-state index is -5.07. The molecule has 0 saturated carbocycles. The Morgan fingerprint density at radius 3 is 2.52 bits per heavy atom. The number of rotatable bonds is 5. The number of alkyl halides is 3. The maximum Gasteiger partial charge on any atom is 0.425 e. The van der Waals surface area contributed by atoms with Gasteiger partial charge in [-0.05, 0) is 12.1 Å². The predicted molar refractivity (Wildman–Crippen MR) is 75.1 cm³/mol. The number of halogens is 3. The van der Waals surface area contributed by atoms with E-state index in [4.69, 9.17) is 4.74 Å². The summed E-state index contributed by atoms with van der Waals surface area (Å²) in [6.45, 7) is 0. The maximum absolute atomic E-state index is 13.4. The quantitative estimate of drug-likeness (QED) is 0.857. The summed E-state index contributed by atoms with van der Waals surface area (Å²) in [5.41, 5.74) is -3.42. The van der Waals surface area contributed by atoms with Crippen LogP contribution in [-0.4, -0.2) is 33.7 Å². The van der Waals surface area contributed by atoms with E-state index >= 15 is 0 Å². The summed E-state index contributed by atoms with van der Waals surface area (Å²) < 4.78 is 46.3. The SMILES string of the molecule is COc1ccccc1C(=O)C[C@@](O)(c1nccn1C)C(F)(F)F. The molecule has 1 heterocycles. The molecule has 0 aliphatic rings. The molecule has 0 spiro atoms. The van der Waals surface area contributed by atoms with E-state index in [1.165, 1.54) is 38.6 Å². The summed E-state index contributed by atoms with van der Waals surface area (Å²) in [5, 5.41) is 10.2. The molecule has 0 aliphatic heterocycles. The zero-order valence-electron chi connectivity index (χ0n) is 12.5. The average molecular weight is 328 g/mol. The summed E-state index contributed by atoms with van der Waals surface area (Å²) >= 11 is 0. The Kier molecular flexibility index (Phi) is 4.46. The van der Waals surface area contributed by atoms with Crippen LogP contribution in [0.2, 0.25) is 0 Å². The van der Waals surface area contributed by atoms with Gasteiger partial charge in [0.05, 0.1) is 19.1 Å². The molecule has 0 saturated heterocycles. The third-order valence-corrected chi connectivity index (χ3v) is 3.48. The van der Waals surface area contributed by atoms with E-state index in [1.54, 1.807) is 6.07 Å². The number of carbonyl (C=O) groups excluding carboxylic acids is 1. The highest BCUT2D eigenvalue weighted by atomic mass is 19.4. The van der Waals surface area contributed by atoms with Gasteiger partial charge in [0.15, 0.2) is 11.6 Å². The highest BCUT2D eigenvalue weighted by Crippen LogP contribution is 2.41. The lowest BCUT2D eigenvalue weighted by atomic mass is 9.91. The minimum absolute atomic E-state index is 0.0353. The second-order valence-electron chi connectivity index (χ2n) is 5.02. The van der Waals surface area contributed by atoms with Gasteiger partial charge in [-0.2, -0.15) is 13.2 Å². The Morgan fingerprint density at radius 2 is 2.00 bits per heavy atom. The van der Waals surface area contributed by atoms with E-state index in [1.807, 2.05) is 0 Å². The van der Waals surface area contributed by atoms with Crippen LogP contribution in [0.1, 0.15) is 22.6 Å². The van der Waals surface area contributed by atoms with Crippen molar-refractivity contribution in [2.75, 3.05) is 7.11 Å². The lowest BCUT2D eigenvalue weighted by Gasteiger charge is -2.29. The van der Waals surface area contributed by atoms with Gasteiger partial charge in [0.25, 0.3) is 0 Å². The van der Waals surface area contributed by atoms with Crippen molar-refractivity contribution in [2.24, 2.45) is 7.05 Å². The van der Waals surface area contributed by atoms with Crippen molar-refractivity contribution in [3.05, 3.63) is 48.0 Å². The molecule has 0 amide bonds. The number of ether oxygens (including phenoxy) is 1. The second kappa shape index (κ2) is 6.04. The molecule has 1 N–H and O–H groups in total. The molecule has 0 aliphatic carbocycles. The third-order valence-electron chi connectivity index (χ3n) is 3.48. The Hall–Kier alpha value is -2.35. The van der Waals surface area contributed by atoms with E-state index in [9.17, 15) is 23.1 Å². The molecule has 1 aromatic carbocycles. The van der Waals surface area contributed by atoms with Crippen molar-refractivity contribution in [3.8, 4) is 5.75 Å². The predicted octanol–water partition coefficient (Wildman–Crippen LogP) is 2.45. The molecule has 0 bridgehead atoms. The fraction of sp³-hybridized carbons (Fsp3) is 0.333. The van der Waals surface area contributed by atoms with Crippen LogP contribution in [0.5, 0.6) is 5.75 Å². The van der Waals surface area contributed by atoms with Gasteiger partial charge in [0, 0.05) is 19.4 Å². The highest BCUT2D eigenvalue weighted by Gasteiger charge is 2.58. The number of imidazole rings is 1. The molecular formula is C15H15F3N2O3. The number of aryl methyl sites for hydroxylation is 1. The number of methoxy groups -OCH3 is 1. The smallest absolute Gasteiger partial charge is 0.425 e. The first-order valence-corrected chi connectivity index (χ1v) is 6.64. The average Bonchev–Trinajstić information content (AvgIpc) is 2.92. The number of aliphatic hydroxyl groups is 1. The standard InChI is InChI=1S/C15H15F3N2O3/c1-20-8-7-19-13(20)14(22,15(16,17)18)9-11(21)10-5-3-4-6-12(10)23-2/h3-8,22H,9H2,1-2H3/t14-/m1/s1. The lowest BCUT2D eigenvalue weighted by Crippen LogP contribution is -2.46. The van der Waals surface area contributed by atoms with Gasteiger partial charge in [0.2, 0.25) is 5.60 Å². The van der Waals surface area contributed by atoms with Gasteiger partial charge < -0.3 is 14.4 Å². The molecule has 2 aromatic rings. The van der Waals surface area contributed by atoms with Crippen LogP contribution in [0, 0.1) is 0 Å². The van der Waals surface area contributed by atoms with Crippen molar-refractivity contribution in [2.45, 2.75) is 18.2 Å². The van der Waals surface area contributed by atoms with E-state index in [-0.39, 0.29) is 11.3 Å². The van der Waals surface area contributed by atoms with Crippen LogP contribution in [0.25, 0.3) is 0 Å². The Bertz CT molecular complexity index is 712. The topological polar surface area (TPSA) is 64.3 Å². The van der Waals surface area contributed by atoms with E-state index in [0.29, 0.717) is 0 Å². The van der Waals surface area contributed by atoms with Crippen LogP contribution in [0.15, 0.2) is 36.7 Å². The van der Waals surface area contributed by atoms with Gasteiger partial charge in [-0.25, -0.2) is 4.98 Å². The van der Waals surface area contributed by atoms with Gasteiger partial charge in [0.1, 0.15) is 5.75 Å². The number of aromatic nitrogens is 2. The van der Waals surface area contributed by atoms with Crippen LogP contribution >= 0.6 is 0 Å². The van der Waals surface area contributed by atoms with E-state index in [0.717, 1.165) is 10.8 Å². The number of ketones is 1. The first-order valence-electron chi connectivity index (χ1n) is 6.64. The van der Waals surface area contributed by atoms with Gasteiger partial charge in [-0.3, -0.25) is 4.79 Å². The molecular weight excluding hydrogens is 313 g/mol. The van der Waals surface area contributed by atoms with Crippen molar-refractivity contribution in [1.29, 1.82) is 0 Å². The maximum atomic E-state index is 13.4. The van der Waals surface area contributed by atoms with E-state index in [2.05, 4.69) is 4.98 Å². The minimum Gasteiger partial charge on any atom is -0.496 e. The normalized spacial score (nSPS) is 14.3. The second-order valence-corrected chi connectivity index (χ2v) is 5.02. The summed E-state index contributed by atoms with van der Waals surface area (Å²) in [5.74, 6) is -1.40. The fourth-order valence-corrected chi connectivity index (χ4v) is 2.27. The number of Topliss-reactive ketones (excluding diaryl/α,β-unsaturated/α-hetero) is 1. The molecule has 0 fully saturated rings. The fourth-order valence-electron chi connectivity index (χ4n) is 2.27. The molecule has 1 aromatic heterocycles. The largest absolute Gasteiger partial charge is 0.496 e. The summed E-state index contributed by atoms with van der Waals surface area (Å²) in [6, 6.07) is 5.89. The van der Waals surface area contributed by atoms with Crippen molar-refractivity contribution in [1.82, 2.24) is 9.55 Å². The monoisotopic (exact) mass is 328 g/mol. The van der Waals surface area contributed by atoms with Gasteiger partial charge >= 0.3 is 6.18 Å². The molecule has 1 atom stereocenters. The first-order chi connectivity index (χ1) is 10.7. The molecule has 5 nitrogen and oxygen atoms in total. The number of para-hydroxylation sites is 1. The van der Waals surface area contributed by atoms with Crippen molar-refractivity contribution in [3.63, 3.8) is 0 Å². The Morgan fingerprint density at radius 1 is 1.35 bits per heavy atom. The molecule has 124 valence electrons. The summed E-state index contributed by atoms with van der Waals surface area (Å²) in [7, 11) is 2.62. The van der Waals surface area contributed by atoms with Gasteiger partial charge in [-0.15, -0.1) is 0 Å². The van der Waals surface area contributed by atoms with Crippen LogP contribution in [0.4, 0.5) is 13.2 Å². The lowest BCUT2D eigenvalue weighted by molar-refractivity contribution is -0.268. The number of carbonyl (C=O) groups is 1. The van der Waals surface area contributed by atoms with Crippen LogP contribution in [-0.2, 0) is 12.6 Å². The van der Waals surface area contributed by atoms with Crippen LogP contribution in [0.3, 0.4) is 0 Å². The number of hydrogen-bond donors (Lipinski definition) is 1. The number of hydrogen-bond acceptors (Lipinski definition) is 4. The zero-order valence-corrected chi connectivity index (χ0v) is 12.5. The Labute approximate surface area is 130 Å². The number of benzene rings is 1. The Balaban J connectivity index is 2.44. The zero-order chi connectivity index (χ0) is 17.3. The molecule has 2 rings (SSSR count). The summed E-state index contributed by atoms with van der Waals surface area (Å²) in [6.07, 6.45) is -3.87. The van der Waals surface area contributed by atoms with Gasteiger partial charge in [-0.1, -0.05) is 12.1 Å². The molecule has 8 heteroatoms. The molecule has 0 unspecified atom stereocenters. The molecule has 23 heavy (non-hydrogen) atoms. The van der Waals surface area contributed by atoms with Crippen molar-refractivity contribution < 1.29 is 27.8 Å². The highest BCUT2D eigenvalue weighted by molar-refractivity contribution is 5.99. The van der Waals surface area contributed by atoms with Crippen LogP contribution < -0.4 is 4.74 Å². The van der Waals surface area contributed by atoms with Crippen molar-refractivity contribution >= 4 is 5.78 Å². The third kappa shape index (κ3) is 3.07. The van der Waals surface area contributed by atoms with E-state index < -0.39 is 29.8 Å². The number of nitrogens with zero attached hydrogens (tertiary/aromatic N) is 2. The first kappa shape index (κ1) is 17.0.